The first-order chi connectivity index (χ1) is 9.61. The first-order valence-electron chi connectivity index (χ1n) is 6.53. The summed E-state index contributed by atoms with van der Waals surface area (Å²) >= 11 is 1.68. The monoisotopic (exact) mass is 281 g/mol. The Balaban J connectivity index is 2.31. The fourth-order valence-corrected chi connectivity index (χ4v) is 3.56. The first kappa shape index (κ1) is 12.9. The Morgan fingerprint density at radius 2 is 1.90 bits per heavy atom. The maximum Gasteiger partial charge on any atom is 0.194 e. The van der Waals surface area contributed by atoms with Crippen LogP contribution in [0.4, 0.5) is 0 Å². The highest BCUT2D eigenvalue weighted by Gasteiger charge is 2.17. The van der Waals surface area contributed by atoms with Crippen molar-refractivity contribution < 1.29 is 0 Å². The Hall–Kier alpha value is -2.12. The number of benzene rings is 1. The third-order valence-corrected chi connectivity index (χ3v) is 4.47. The standard InChI is InChI=1S/C16H15N3S/c1-10-4-6-13(7-5-10)15-12(3)20-16-18-11(2)14(8-9-17)19(15)16/h4-7H,8H2,1-3H3. The molecule has 2 heterocycles. The average Bonchev–Trinajstić information content (AvgIpc) is 2.87. The summed E-state index contributed by atoms with van der Waals surface area (Å²) in [6.07, 6.45) is 0.391. The van der Waals surface area contributed by atoms with Crippen LogP contribution in [-0.4, -0.2) is 9.38 Å². The molecule has 0 N–H and O–H groups in total. The van der Waals surface area contributed by atoms with Gasteiger partial charge in [-0.1, -0.05) is 29.8 Å². The van der Waals surface area contributed by atoms with Crippen molar-refractivity contribution >= 4 is 16.3 Å². The van der Waals surface area contributed by atoms with E-state index in [0.29, 0.717) is 6.42 Å². The Morgan fingerprint density at radius 1 is 1.20 bits per heavy atom. The summed E-state index contributed by atoms with van der Waals surface area (Å²) in [7, 11) is 0. The number of hydrogen-bond donors (Lipinski definition) is 0. The van der Waals surface area contributed by atoms with E-state index in [1.165, 1.54) is 16.0 Å². The van der Waals surface area contributed by atoms with Crippen molar-refractivity contribution in [3.05, 3.63) is 46.1 Å². The molecule has 0 spiro atoms. The fraction of sp³-hybridized carbons (Fsp3) is 0.250. The van der Waals surface area contributed by atoms with Crippen molar-refractivity contribution in [3.8, 4) is 17.3 Å². The van der Waals surface area contributed by atoms with E-state index >= 15 is 0 Å². The van der Waals surface area contributed by atoms with Gasteiger partial charge in [0.05, 0.1) is 29.6 Å². The van der Waals surface area contributed by atoms with Gasteiger partial charge in [0.1, 0.15) is 0 Å². The topological polar surface area (TPSA) is 41.1 Å². The number of rotatable bonds is 2. The van der Waals surface area contributed by atoms with Crippen LogP contribution in [-0.2, 0) is 6.42 Å². The molecule has 100 valence electrons. The summed E-state index contributed by atoms with van der Waals surface area (Å²) in [5, 5.41) is 9.04. The predicted molar refractivity (Wildman–Crippen MR) is 82.0 cm³/mol. The number of thiazole rings is 1. The summed E-state index contributed by atoms with van der Waals surface area (Å²) in [5.41, 5.74) is 5.54. The molecule has 2 aromatic heterocycles. The van der Waals surface area contributed by atoms with E-state index in [0.717, 1.165) is 22.0 Å². The second-order valence-electron chi connectivity index (χ2n) is 4.97. The van der Waals surface area contributed by atoms with Crippen LogP contribution in [0.15, 0.2) is 24.3 Å². The number of nitrogens with zero attached hydrogens (tertiary/aromatic N) is 3. The van der Waals surface area contributed by atoms with Gasteiger partial charge in [-0.25, -0.2) is 4.98 Å². The maximum absolute atomic E-state index is 9.04. The summed E-state index contributed by atoms with van der Waals surface area (Å²) < 4.78 is 2.14. The first-order valence-corrected chi connectivity index (χ1v) is 7.34. The quantitative estimate of drug-likeness (QED) is 0.711. The van der Waals surface area contributed by atoms with Crippen molar-refractivity contribution in [3.63, 3.8) is 0 Å². The molecular weight excluding hydrogens is 266 g/mol. The molecule has 0 fully saturated rings. The van der Waals surface area contributed by atoms with Crippen molar-refractivity contribution in [2.75, 3.05) is 0 Å². The van der Waals surface area contributed by atoms with E-state index < -0.39 is 0 Å². The number of hydrogen-bond acceptors (Lipinski definition) is 3. The van der Waals surface area contributed by atoms with E-state index in [-0.39, 0.29) is 0 Å². The Morgan fingerprint density at radius 3 is 2.55 bits per heavy atom. The number of aryl methyl sites for hydroxylation is 3. The normalized spacial score (nSPS) is 10.9. The lowest BCUT2D eigenvalue weighted by Crippen LogP contribution is -1.95. The average molecular weight is 281 g/mol. The van der Waals surface area contributed by atoms with Gasteiger partial charge in [0, 0.05) is 4.88 Å². The summed E-state index contributed by atoms with van der Waals surface area (Å²) in [6.45, 7) is 6.17. The molecule has 0 amide bonds. The van der Waals surface area contributed by atoms with Gasteiger partial charge < -0.3 is 0 Å². The minimum absolute atomic E-state index is 0.391. The van der Waals surface area contributed by atoms with Crippen LogP contribution in [0.1, 0.15) is 21.8 Å². The number of aromatic nitrogens is 2. The van der Waals surface area contributed by atoms with Crippen LogP contribution >= 0.6 is 11.3 Å². The SMILES string of the molecule is Cc1ccc(-c2c(C)sc3nc(C)c(CC#N)n23)cc1. The minimum Gasteiger partial charge on any atom is -0.286 e. The van der Waals surface area contributed by atoms with Crippen LogP contribution in [0, 0.1) is 32.1 Å². The second-order valence-corrected chi connectivity index (χ2v) is 6.15. The molecule has 3 rings (SSSR count). The molecule has 0 aliphatic heterocycles. The second kappa shape index (κ2) is 4.77. The Labute approximate surface area is 122 Å². The largest absolute Gasteiger partial charge is 0.286 e. The van der Waals surface area contributed by atoms with E-state index in [2.05, 4.69) is 53.6 Å². The molecule has 0 radical (unpaired) electrons. The highest BCUT2D eigenvalue weighted by Crippen LogP contribution is 2.33. The molecule has 0 saturated carbocycles. The molecule has 3 nitrogen and oxygen atoms in total. The van der Waals surface area contributed by atoms with Gasteiger partial charge in [-0.2, -0.15) is 5.26 Å². The zero-order chi connectivity index (χ0) is 14.3. The molecule has 3 aromatic rings. The highest BCUT2D eigenvalue weighted by atomic mass is 32.1. The summed E-state index contributed by atoms with van der Waals surface area (Å²) in [4.78, 5) is 6.79. The maximum atomic E-state index is 9.04. The molecule has 20 heavy (non-hydrogen) atoms. The van der Waals surface area contributed by atoms with Crippen LogP contribution < -0.4 is 0 Å². The van der Waals surface area contributed by atoms with Crippen LogP contribution in [0.3, 0.4) is 0 Å². The van der Waals surface area contributed by atoms with Gasteiger partial charge >= 0.3 is 0 Å². The highest BCUT2D eigenvalue weighted by molar-refractivity contribution is 7.17. The number of imidazole rings is 1. The molecule has 0 unspecified atom stereocenters. The van der Waals surface area contributed by atoms with Crippen LogP contribution in [0.2, 0.25) is 0 Å². The van der Waals surface area contributed by atoms with Gasteiger partial charge in [0.25, 0.3) is 0 Å². The van der Waals surface area contributed by atoms with Crippen molar-refractivity contribution in [1.82, 2.24) is 9.38 Å². The molecule has 0 aliphatic carbocycles. The Bertz CT molecular complexity index is 816. The van der Waals surface area contributed by atoms with Gasteiger partial charge in [-0.3, -0.25) is 4.40 Å². The van der Waals surface area contributed by atoms with E-state index in [1.54, 1.807) is 11.3 Å². The third kappa shape index (κ3) is 1.91. The van der Waals surface area contributed by atoms with E-state index in [1.807, 2.05) is 6.92 Å². The third-order valence-electron chi connectivity index (χ3n) is 3.52. The van der Waals surface area contributed by atoms with E-state index in [9.17, 15) is 0 Å². The lowest BCUT2D eigenvalue weighted by Gasteiger charge is -2.05. The van der Waals surface area contributed by atoms with Crippen molar-refractivity contribution in [2.24, 2.45) is 0 Å². The molecular formula is C16H15N3S. The van der Waals surface area contributed by atoms with Crippen LogP contribution in [0.5, 0.6) is 0 Å². The van der Waals surface area contributed by atoms with Crippen molar-refractivity contribution in [2.45, 2.75) is 27.2 Å². The lowest BCUT2D eigenvalue weighted by molar-refractivity contribution is 1.05. The Kier molecular flexibility index (Phi) is 3.07. The lowest BCUT2D eigenvalue weighted by atomic mass is 10.1. The predicted octanol–water partition coefficient (Wildman–Crippen LogP) is 4.05. The van der Waals surface area contributed by atoms with Gasteiger partial charge in [-0.15, -0.1) is 11.3 Å². The summed E-state index contributed by atoms with van der Waals surface area (Å²) in [6, 6.07) is 10.7. The van der Waals surface area contributed by atoms with Gasteiger partial charge in [0.2, 0.25) is 0 Å². The summed E-state index contributed by atoms with van der Waals surface area (Å²) in [5.74, 6) is 0. The number of nitriles is 1. The molecule has 4 heteroatoms. The zero-order valence-corrected chi connectivity index (χ0v) is 12.6. The minimum atomic E-state index is 0.391. The van der Waals surface area contributed by atoms with Crippen LogP contribution in [0.25, 0.3) is 16.2 Å². The zero-order valence-electron chi connectivity index (χ0n) is 11.8. The van der Waals surface area contributed by atoms with Gasteiger partial charge in [-0.05, 0) is 26.3 Å². The molecule has 0 bridgehead atoms. The fourth-order valence-electron chi connectivity index (χ4n) is 2.50. The number of fused-ring (bicyclic) bond motifs is 1. The molecule has 1 aromatic carbocycles. The molecule has 0 aliphatic rings. The smallest absolute Gasteiger partial charge is 0.194 e. The van der Waals surface area contributed by atoms with Crippen molar-refractivity contribution in [1.29, 1.82) is 5.26 Å². The van der Waals surface area contributed by atoms with E-state index in [4.69, 9.17) is 5.26 Å². The molecule has 0 atom stereocenters. The molecule has 0 saturated heterocycles. The van der Waals surface area contributed by atoms with Gasteiger partial charge in [0.15, 0.2) is 4.96 Å².